The molecule has 3 nitrogen and oxygen atoms in total. The van der Waals surface area contributed by atoms with Gasteiger partial charge >= 0.3 is 0 Å². The molecule has 0 unspecified atom stereocenters. The van der Waals surface area contributed by atoms with Gasteiger partial charge in [-0.1, -0.05) is 152 Å². The number of benzene rings is 9. The molecule has 0 aliphatic carbocycles. The summed E-state index contributed by atoms with van der Waals surface area (Å²) in [5.74, 6) is 0.240. The van der Waals surface area contributed by atoms with E-state index in [1.807, 2.05) is 18.2 Å². The first-order valence-corrected chi connectivity index (χ1v) is 19.2. The van der Waals surface area contributed by atoms with Crippen LogP contribution in [0.2, 0.25) is 0 Å². The molecule has 0 atom stereocenters. The highest BCUT2D eigenvalue weighted by Crippen LogP contribution is 2.40. The second-order valence-corrected chi connectivity index (χ2v) is 14.0. The molecule has 0 saturated carbocycles. The summed E-state index contributed by atoms with van der Waals surface area (Å²) in [6.45, 7) is 0. The summed E-state index contributed by atoms with van der Waals surface area (Å²) in [5.41, 5.74) is 15.6. The lowest BCUT2D eigenvalue weighted by Crippen LogP contribution is -2.10. The lowest BCUT2D eigenvalue weighted by Gasteiger charge is -2.26. The summed E-state index contributed by atoms with van der Waals surface area (Å²) in [5, 5.41) is 10.1. The van der Waals surface area contributed by atoms with Gasteiger partial charge in [0, 0.05) is 34.1 Å². The van der Waals surface area contributed by atoms with Crippen molar-refractivity contribution in [2.45, 2.75) is 0 Å². The quantitative estimate of drug-likeness (QED) is 0.152. The third kappa shape index (κ3) is 7.68. The third-order valence-corrected chi connectivity index (χ3v) is 10.4. The highest BCUT2D eigenvalue weighted by molar-refractivity contribution is 5.83. The molecule has 0 fully saturated rings. The summed E-state index contributed by atoms with van der Waals surface area (Å²) in [6, 6.07) is 82.5. The van der Waals surface area contributed by atoms with Crippen LogP contribution in [-0.4, -0.2) is 5.11 Å². The fourth-order valence-electron chi connectivity index (χ4n) is 7.40. The second-order valence-electron chi connectivity index (χ2n) is 14.0. The minimum absolute atomic E-state index is 0.240. The normalized spacial score (nSPS) is 10.9. The van der Waals surface area contributed by atoms with Gasteiger partial charge in [-0.15, -0.1) is 0 Å². The Balaban J connectivity index is 1.02. The van der Waals surface area contributed by atoms with Gasteiger partial charge in [0.1, 0.15) is 5.75 Å². The summed E-state index contributed by atoms with van der Waals surface area (Å²) in [7, 11) is 0. The van der Waals surface area contributed by atoms with Crippen LogP contribution in [0.3, 0.4) is 0 Å². The molecule has 0 spiro atoms. The SMILES string of the molecule is Oc1ccc(N(c2ccc(-c3ccccc3)cc2)c2ccc(-c3ccc(N(c4ccc(-c5ccccc5)cc4)c4ccc(-c5ccccc5)cc4)cc3)cc2)cc1. The molecule has 0 amide bonds. The molecular weight excluding hydrogens is 693 g/mol. The Labute approximate surface area is 334 Å². The zero-order valence-corrected chi connectivity index (χ0v) is 31.4. The van der Waals surface area contributed by atoms with Crippen molar-refractivity contribution in [2.24, 2.45) is 0 Å². The molecular formula is C54H40N2O. The van der Waals surface area contributed by atoms with Crippen LogP contribution in [-0.2, 0) is 0 Å². The van der Waals surface area contributed by atoms with Gasteiger partial charge in [0.25, 0.3) is 0 Å². The lowest BCUT2D eigenvalue weighted by atomic mass is 10.0. The molecule has 1 N–H and O–H groups in total. The Morgan fingerprint density at radius 2 is 0.368 bits per heavy atom. The number of hydrogen-bond donors (Lipinski definition) is 1. The Bertz CT molecular complexity index is 2580. The van der Waals surface area contributed by atoms with Crippen LogP contribution < -0.4 is 9.80 Å². The van der Waals surface area contributed by atoms with Gasteiger partial charge < -0.3 is 14.9 Å². The summed E-state index contributed by atoms with van der Waals surface area (Å²) < 4.78 is 0. The predicted molar refractivity (Wildman–Crippen MR) is 239 cm³/mol. The monoisotopic (exact) mass is 732 g/mol. The first-order chi connectivity index (χ1) is 28.2. The van der Waals surface area contributed by atoms with E-state index in [0.29, 0.717) is 0 Å². The van der Waals surface area contributed by atoms with Crippen molar-refractivity contribution in [2.75, 3.05) is 9.80 Å². The number of phenolic OH excluding ortho intramolecular Hbond substituents is 1. The first kappa shape index (κ1) is 35.1. The van der Waals surface area contributed by atoms with Gasteiger partial charge in [-0.2, -0.15) is 0 Å². The number of anilines is 6. The Morgan fingerprint density at radius 1 is 0.193 bits per heavy atom. The van der Waals surface area contributed by atoms with Crippen molar-refractivity contribution in [3.63, 3.8) is 0 Å². The van der Waals surface area contributed by atoms with E-state index in [-0.39, 0.29) is 5.75 Å². The van der Waals surface area contributed by atoms with Gasteiger partial charge in [-0.05, 0) is 129 Å². The average molecular weight is 733 g/mol. The fraction of sp³-hybridized carbons (Fsp3) is 0. The summed E-state index contributed by atoms with van der Waals surface area (Å²) in [6.07, 6.45) is 0. The highest BCUT2D eigenvalue weighted by atomic mass is 16.3. The zero-order valence-electron chi connectivity index (χ0n) is 31.4. The summed E-state index contributed by atoms with van der Waals surface area (Å²) >= 11 is 0. The van der Waals surface area contributed by atoms with Gasteiger partial charge in [0.15, 0.2) is 0 Å². The van der Waals surface area contributed by atoms with Crippen molar-refractivity contribution in [1.82, 2.24) is 0 Å². The van der Waals surface area contributed by atoms with Gasteiger partial charge in [-0.25, -0.2) is 0 Å². The lowest BCUT2D eigenvalue weighted by molar-refractivity contribution is 0.475. The molecule has 0 aliphatic heterocycles. The minimum Gasteiger partial charge on any atom is -0.508 e. The van der Waals surface area contributed by atoms with E-state index in [2.05, 4.69) is 216 Å². The Kier molecular flexibility index (Phi) is 9.86. The van der Waals surface area contributed by atoms with Crippen LogP contribution in [0.1, 0.15) is 0 Å². The standard InChI is InChI=1S/C54H40N2O/c57-54-38-36-53(37-39-54)56(51-30-20-45(21-31-51)42-14-8-3-9-15-42)52-34-24-47(25-35-52)46-22-32-50(33-23-46)55(48-26-16-43(17-27-48)40-10-4-1-5-11-40)49-28-18-44(19-29-49)41-12-6-2-7-13-41/h1-39,57H. The van der Waals surface area contributed by atoms with Crippen LogP contribution in [0.15, 0.2) is 237 Å². The molecule has 3 heteroatoms. The van der Waals surface area contributed by atoms with E-state index in [1.54, 1.807) is 12.1 Å². The van der Waals surface area contributed by atoms with Gasteiger partial charge in [-0.3, -0.25) is 0 Å². The van der Waals surface area contributed by atoms with Crippen LogP contribution in [0.25, 0.3) is 44.5 Å². The van der Waals surface area contributed by atoms with E-state index in [1.165, 1.54) is 27.8 Å². The number of rotatable bonds is 10. The van der Waals surface area contributed by atoms with E-state index in [9.17, 15) is 5.11 Å². The maximum absolute atomic E-state index is 10.1. The highest BCUT2D eigenvalue weighted by Gasteiger charge is 2.16. The van der Waals surface area contributed by atoms with Gasteiger partial charge in [0.05, 0.1) is 0 Å². The fourth-order valence-corrected chi connectivity index (χ4v) is 7.40. The Hall–Kier alpha value is -7.62. The average Bonchev–Trinajstić information content (AvgIpc) is 3.29. The van der Waals surface area contributed by atoms with Crippen molar-refractivity contribution in [3.05, 3.63) is 237 Å². The number of nitrogens with zero attached hydrogens (tertiary/aromatic N) is 2. The number of hydrogen-bond acceptors (Lipinski definition) is 3. The smallest absolute Gasteiger partial charge is 0.115 e. The molecule has 9 aromatic carbocycles. The van der Waals surface area contributed by atoms with Crippen molar-refractivity contribution in [1.29, 1.82) is 0 Å². The maximum atomic E-state index is 10.1. The minimum atomic E-state index is 0.240. The van der Waals surface area contributed by atoms with Crippen LogP contribution in [0, 0.1) is 0 Å². The molecule has 0 aromatic heterocycles. The molecule has 0 bridgehead atoms. The Morgan fingerprint density at radius 3 is 0.579 bits per heavy atom. The van der Waals surface area contributed by atoms with Crippen LogP contribution in [0.5, 0.6) is 5.75 Å². The molecule has 0 aliphatic rings. The van der Waals surface area contributed by atoms with E-state index in [0.717, 1.165) is 50.8 Å². The van der Waals surface area contributed by atoms with Gasteiger partial charge in [0.2, 0.25) is 0 Å². The largest absolute Gasteiger partial charge is 0.508 e. The molecule has 272 valence electrons. The molecule has 0 radical (unpaired) electrons. The molecule has 9 rings (SSSR count). The van der Waals surface area contributed by atoms with Crippen molar-refractivity contribution in [3.8, 4) is 50.3 Å². The molecule has 0 heterocycles. The zero-order chi connectivity index (χ0) is 38.4. The molecule has 0 saturated heterocycles. The molecule has 57 heavy (non-hydrogen) atoms. The van der Waals surface area contributed by atoms with Crippen molar-refractivity contribution < 1.29 is 5.11 Å². The first-order valence-electron chi connectivity index (χ1n) is 19.2. The topological polar surface area (TPSA) is 26.7 Å². The molecule has 9 aromatic rings. The van der Waals surface area contributed by atoms with E-state index < -0.39 is 0 Å². The van der Waals surface area contributed by atoms with Crippen LogP contribution >= 0.6 is 0 Å². The second kappa shape index (κ2) is 16.0. The predicted octanol–water partition coefficient (Wildman–Crippen LogP) is 15.0. The number of aromatic hydroxyl groups is 1. The van der Waals surface area contributed by atoms with Crippen molar-refractivity contribution >= 4 is 34.1 Å². The maximum Gasteiger partial charge on any atom is 0.115 e. The third-order valence-electron chi connectivity index (χ3n) is 10.4. The number of phenols is 1. The summed E-state index contributed by atoms with van der Waals surface area (Å²) in [4.78, 5) is 4.53. The van der Waals surface area contributed by atoms with E-state index in [4.69, 9.17) is 0 Å². The van der Waals surface area contributed by atoms with Crippen LogP contribution in [0.4, 0.5) is 34.1 Å². The van der Waals surface area contributed by atoms with E-state index >= 15 is 0 Å².